The molecule has 0 atom stereocenters. The number of hydrogen-bond acceptors (Lipinski definition) is 1. The van der Waals surface area contributed by atoms with Gasteiger partial charge < -0.3 is 9.47 Å². The van der Waals surface area contributed by atoms with Crippen molar-refractivity contribution in [3.63, 3.8) is 0 Å². The van der Waals surface area contributed by atoms with E-state index in [-0.39, 0.29) is 0 Å². The van der Waals surface area contributed by atoms with Crippen molar-refractivity contribution in [3.8, 4) is 50.2 Å². The summed E-state index contributed by atoms with van der Waals surface area (Å²) < 4.78 is 2.39. The summed E-state index contributed by atoms with van der Waals surface area (Å²) in [7, 11) is 0. The van der Waals surface area contributed by atoms with Crippen molar-refractivity contribution in [2.75, 3.05) is 4.90 Å². The number of benzene rings is 11. The fourth-order valence-corrected chi connectivity index (χ4v) is 9.73. The first-order chi connectivity index (χ1) is 31.7. The van der Waals surface area contributed by atoms with Crippen molar-refractivity contribution in [2.24, 2.45) is 0 Å². The van der Waals surface area contributed by atoms with Crippen LogP contribution in [0.3, 0.4) is 0 Å². The molecule has 0 amide bonds. The van der Waals surface area contributed by atoms with Crippen molar-refractivity contribution in [3.05, 3.63) is 255 Å². The summed E-state index contributed by atoms with van der Waals surface area (Å²) in [6.07, 6.45) is 0. The summed E-state index contributed by atoms with van der Waals surface area (Å²) in [5.74, 6) is 0. The van der Waals surface area contributed by atoms with Gasteiger partial charge in [0.2, 0.25) is 0 Å². The molecule has 0 bridgehead atoms. The predicted molar refractivity (Wildman–Crippen MR) is 272 cm³/mol. The molecule has 0 fully saturated rings. The lowest BCUT2D eigenvalue weighted by Gasteiger charge is -2.28. The molecule has 2 nitrogen and oxygen atoms in total. The summed E-state index contributed by atoms with van der Waals surface area (Å²) in [6.45, 7) is 0. The van der Waals surface area contributed by atoms with E-state index in [0.29, 0.717) is 0 Å². The van der Waals surface area contributed by atoms with E-state index in [1.54, 1.807) is 0 Å². The predicted octanol–water partition coefficient (Wildman–Crippen LogP) is 17.2. The Kier molecular flexibility index (Phi) is 9.20. The number of para-hydroxylation sites is 2. The number of hydrogen-bond donors (Lipinski definition) is 0. The summed E-state index contributed by atoms with van der Waals surface area (Å²) in [5, 5.41) is 7.47. The zero-order valence-electron chi connectivity index (χ0n) is 35.1. The highest BCUT2D eigenvalue weighted by Crippen LogP contribution is 2.44. The second-order valence-electron chi connectivity index (χ2n) is 16.5. The van der Waals surface area contributed by atoms with Crippen molar-refractivity contribution in [1.29, 1.82) is 0 Å². The standard InChI is InChI=1S/C62H42N2/c1-4-17-43(18-5-1)50-38-51(44-19-6-2-7-20-44)42-55(41-50)63(54-35-36-57-49(40-54)34-33-45-21-10-11-28-56(45)57)53-27-15-23-47(39-53)46-22-14-24-48(37-46)58-30-16-32-61-62(58)59-29-12-13-31-60(59)64(61)52-25-8-3-9-26-52/h1-42H. The molecule has 0 saturated carbocycles. The van der Waals surface area contributed by atoms with Gasteiger partial charge in [0.25, 0.3) is 0 Å². The topological polar surface area (TPSA) is 8.17 Å². The van der Waals surface area contributed by atoms with Crippen LogP contribution in [0.25, 0.3) is 93.5 Å². The molecule has 0 aliphatic heterocycles. The highest BCUT2D eigenvalue weighted by Gasteiger charge is 2.19. The first-order valence-corrected chi connectivity index (χ1v) is 22.0. The van der Waals surface area contributed by atoms with E-state index in [1.807, 2.05) is 0 Å². The Morgan fingerprint density at radius 1 is 0.266 bits per heavy atom. The SMILES string of the molecule is c1ccc(-c2cc(-c3ccccc3)cc(N(c3cccc(-c4cccc(-c5cccc6c5c5ccccc5n6-c5ccccc5)c4)c3)c3ccc4c(ccc5ccccc54)c3)c2)cc1. The molecule has 12 rings (SSSR count). The largest absolute Gasteiger partial charge is 0.310 e. The van der Waals surface area contributed by atoms with Crippen LogP contribution in [0.15, 0.2) is 255 Å². The van der Waals surface area contributed by atoms with Crippen molar-refractivity contribution in [1.82, 2.24) is 4.57 Å². The number of nitrogens with zero attached hydrogens (tertiary/aromatic N) is 2. The summed E-state index contributed by atoms with van der Waals surface area (Å²) >= 11 is 0. The first-order valence-electron chi connectivity index (χ1n) is 22.0. The van der Waals surface area contributed by atoms with E-state index >= 15 is 0 Å². The molecule has 11 aromatic carbocycles. The van der Waals surface area contributed by atoms with E-state index in [9.17, 15) is 0 Å². The molecule has 0 unspecified atom stereocenters. The number of rotatable bonds is 8. The van der Waals surface area contributed by atoms with Crippen molar-refractivity contribution >= 4 is 60.4 Å². The van der Waals surface area contributed by atoms with Gasteiger partial charge in [0.05, 0.1) is 11.0 Å². The first kappa shape index (κ1) is 37.3. The third-order valence-corrected chi connectivity index (χ3v) is 12.7. The summed E-state index contributed by atoms with van der Waals surface area (Å²) in [5.41, 5.74) is 16.2. The minimum absolute atomic E-state index is 1.08. The number of fused-ring (bicyclic) bond motifs is 6. The quantitative estimate of drug-likeness (QED) is 0.139. The van der Waals surface area contributed by atoms with Crippen LogP contribution < -0.4 is 4.90 Å². The van der Waals surface area contributed by atoms with E-state index < -0.39 is 0 Å². The molecule has 2 heteroatoms. The normalized spacial score (nSPS) is 11.4. The molecule has 0 aliphatic carbocycles. The van der Waals surface area contributed by atoms with Crippen LogP contribution in [0, 0.1) is 0 Å². The van der Waals surface area contributed by atoms with Crippen LogP contribution in [0.4, 0.5) is 17.1 Å². The van der Waals surface area contributed by atoms with E-state index in [2.05, 4.69) is 264 Å². The fraction of sp³-hybridized carbons (Fsp3) is 0. The lowest BCUT2D eigenvalue weighted by molar-refractivity contribution is 1.18. The van der Waals surface area contributed by atoms with Crippen LogP contribution in [-0.4, -0.2) is 4.57 Å². The van der Waals surface area contributed by atoms with Crippen LogP contribution in [0.5, 0.6) is 0 Å². The van der Waals surface area contributed by atoms with E-state index in [4.69, 9.17) is 0 Å². The minimum atomic E-state index is 1.08. The lowest BCUT2D eigenvalue weighted by atomic mass is 9.95. The molecule has 0 N–H and O–H groups in total. The lowest BCUT2D eigenvalue weighted by Crippen LogP contribution is -2.10. The molecule has 0 aliphatic rings. The van der Waals surface area contributed by atoms with Gasteiger partial charge >= 0.3 is 0 Å². The Morgan fingerprint density at radius 3 is 1.55 bits per heavy atom. The maximum atomic E-state index is 2.43. The smallest absolute Gasteiger partial charge is 0.0547 e. The number of anilines is 3. The van der Waals surface area contributed by atoms with Crippen LogP contribution in [0.1, 0.15) is 0 Å². The Morgan fingerprint density at radius 2 is 0.781 bits per heavy atom. The van der Waals surface area contributed by atoms with Gasteiger partial charge in [0, 0.05) is 33.5 Å². The van der Waals surface area contributed by atoms with Crippen molar-refractivity contribution < 1.29 is 0 Å². The van der Waals surface area contributed by atoms with Gasteiger partial charge in [-0.3, -0.25) is 0 Å². The number of aromatic nitrogens is 1. The second kappa shape index (κ2) is 15.8. The molecule has 0 saturated heterocycles. The van der Waals surface area contributed by atoms with Crippen LogP contribution >= 0.6 is 0 Å². The van der Waals surface area contributed by atoms with Crippen LogP contribution in [0.2, 0.25) is 0 Å². The van der Waals surface area contributed by atoms with E-state index in [0.717, 1.165) is 33.9 Å². The molecule has 12 aromatic rings. The molecular formula is C62H42N2. The molecule has 300 valence electrons. The highest BCUT2D eigenvalue weighted by molar-refractivity contribution is 6.16. The molecule has 1 heterocycles. The summed E-state index contributed by atoms with van der Waals surface area (Å²) in [6, 6.07) is 92.8. The van der Waals surface area contributed by atoms with Gasteiger partial charge in [-0.1, -0.05) is 182 Å². The third-order valence-electron chi connectivity index (χ3n) is 12.7. The van der Waals surface area contributed by atoms with Gasteiger partial charge in [-0.25, -0.2) is 0 Å². The highest BCUT2D eigenvalue weighted by atomic mass is 15.1. The Bertz CT molecular complexity index is 3600. The molecular weight excluding hydrogens is 773 g/mol. The van der Waals surface area contributed by atoms with Gasteiger partial charge in [-0.15, -0.1) is 0 Å². The Balaban J connectivity index is 1.03. The second-order valence-corrected chi connectivity index (χ2v) is 16.5. The van der Waals surface area contributed by atoms with Gasteiger partial charge in [0.15, 0.2) is 0 Å². The molecule has 0 radical (unpaired) electrons. The minimum Gasteiger partial charge on any atom is -0.310 e. The average Bonchev–Trinajstić information content (AvgIpc) is 3.72. The third kappa shape index (κ3) is 6.61. The van der Waals surface area contributed by atoms with Crippen LogP contribution in [-0.2, 0) is 0 Å². The van der Waals surface area contributed by atoms with Crippen molar-refractivity contribution in [2.45, 2.75) is 0 Å². The fourth-order valence-electron chi connectivity index (χ4n) is 9.73. The Labute approximate surface area is 373 Å². The Hall–Kier alpha value is -8.46. The zero-order valence-corrected chi connectivity index (χ0v) is 35.1. The average molecular weight is 815 g/mol. The molecule has 0 spiro atoms. The van der Waals surface area contributed by atoms with Gasteiger partial charge in [-0.2, -0.15) is 0 Å². The monoisotopic (exact) mass is 814 g/mol. The maximum Gasteiger partial charge on any atom is 0.0547 e. The van der Waals surface area contributed by atoms with Gasteiger partial charge in [-0.05, 0) is 139 Å². The summed E-state index contributed by atoms with van der Waals surface area (Å²) in [4.78, 5) is 2.43. The van der Waals surface area contributed by atoms with Gasteiger partial charge in [0.1, 0.15) is 0 Å². The molecule has 64 heavy (non-hydrogen) atoms. The zero-order chi connectivity index (χ0) is 42.4. The van der Waals surface area contributed by atoms with E-state index in [1.165, 1.54) is 76.7 Å². The maximum absolute atomic E-state index is 2.43. The molecule has 1 aromatic heterocycles.